The fourth-order valence-electron chi connectivity index (χ4n) is 3.78. The largest absolute Gasteiger partial charge is 0.494 e. The lowest BCUT2D eigenvalue weighted by Crippen LogP contribution is -2.16. The van der Waals surface area contributed by atoms with E-state index in [1.54, 1.807) is 0 Å². The second-order valence-electron chi connectivity index (χ2n) is 8.62. The number of nitrogens with zero attached hydrogens (tertiary/aromatic N) is 1. The maximum atomic E-state index is 11.9. The minimum Gasteiger partial charge on any atom is -0.494 e. The Morgan fingerprint density at radius 2 is 1.94 bits per heavy atom. The zero-order valence-electron chi connectivity index (χ0n) is 18.5. The third-order valence-electron chi connectivity index (χ3n) is 5.48. The normalized spacial score (nSPS) is 13.5. The molecular formula is C25H31N3O3. The minimum atomic E-state index is -0.438. The number of rotatable bonds is 8. The van der Waals surface area contributed by atoms with Crippen molar-refractivity contribution in [2.75, 3.05) is 24.3 Å². The SMILES string of the molecule is CCOc1ccc2c(N)c(-c3ccc(NC(=O)OCC(C)C)cc3)n(CC3CC3)c2c1. The summed E-state index contributed by atoms with van der Waals surface area (Å²) < 4.78 is 13.2. The predicted octanol–water partition coefficient (Wildman–Crippen LogP) is 5.90. The van der Waals surface area contributed by atoms with E-state index in [2.05, 4.69) is 16.0 Å². The zero-order valence-corrected chi connectivity index (χ0v) is 18.5. The van der Waals surface area contributed by atoms with E-state index in [4.69, 9.17) is 15.2 Å². The number of hydrogen-bond donors (Lipinski definition) is 2. The molecule has 0 aliphatic heterocycles. The van der Waals surface area contributed by atoms with Crippen LogP contribution < -0.4 is 15.8 Å². The molecule has 1 aromatic heterocycles. The van der Waals surface area contributed by atoms with E-state index in [0.29, 0.717) is 30.7 Å². The summed E-state index contributed by atoms with van der Waals surface area (Å²) in [4.78, 5) is 11.9. The first-order chi connectivity index (χ1) is 15.0. The Hall–Kier alpha value is -3.15. The van der Waals surface area contributed by atoms with Gasteiger partial charge < -0.3 is 19.8 Å². The van der Waals surface area contributed by atoms with Crippen LogP contribution in [0.1, 0.15) is 33.6 Å². The molecule has 4 rings (SSSR count). The maximum Gasteiger partial charge on any atom is 0.411 e. The third-order valence-corrected chi connectivity index (χ3v) is 5.48. The number of nitrogens with one attached hydrogen (secondary N) is 1. The number of anilines is 2. The molecule has 1 amide bonds. The monoisotopic (exact) mass is 421 g/mol. The number of carbonyl (C=O) groups is 1. The number of nitrogen functional groups attached to an aromatic ring is 1. The molecule has 0 bridgehead atoms. The molecule has 0 saturated heterocycles. The first-order valence-corrected chi connectivity index (χ1v) is 11.0. The van der Waals surface area contributed by atoms with Crippen LogP contribution in [0.2, 0.25) is 0 Å². The van der Waals surface area contributed by atoms with Crippen molar-refractivity contribution < 1.29 is 14.3 Å². The molecule has 2 aromatic carbocycles. The third kappa shape index (κ3) is 4.79. The Morgan fingerprint density at radius 1 is 1.19 bits per heavy atom. The van der Waals surface area contributed by atoms with E-state index < -0.39 is 6.09 Å². The first kappa shape index (κ1) is 21.1. The fraction of sp³-hybridized carbons (Fsp3) is 0.400. The van der Waals surface area contributed by atoms with Crippen molar-refractivity contribution in [3.8, 4) is 17.0 Å². The number of hydrogen-bond acceptors (Lipinski definition) is 4. The highest BCUT2D eigenvalue weighted by Crippen LogP contribution is 2.41. The summed E-state index contributed by atoms with van der Waals surface area (Å²) >= 11 is 0. The summed E-state index contributed by atoms with van der Waals surface area (Å²) in [5.41, 5.74) is 11.2. The molecule has 0 unspecified atom stereocenters. The van der Waals surface area contributed by atoms with E-state index in [0.717, 1.165) is 40.1 Å². The van der Waals surface area contributed by atoms with Crippen LogP contribution in [0, 0.1) is 11.8 Å². The van der Waals surface area contributed by atoms with Gasteiger partial charge in [-0.15, -0.1) is 0 Å². The summed E-state index contributed by atoms with van der Waals surface area (Å²) in [5, 5.41) is 3.82. The van der Waals surface area contributed by atoms with Gasteiger partial charge in [-0.3, -0.25) is 5.32 Å². The lowest BCUT2D eigenvalue weighted by atomic mass is 10.1. The Morgan fingerprint density at radius 3 is 2.58 bits per heavy atom. The summed E-state index contributed by atoms with van der Waals surface area (Å²) in [7, 11) is 0. The van der Waals surface area contributed by atoms with Gasteiger partial charge >= 0.3 is 6.09 Å². The molecule has 1 fully saturated rings. The number of benzene rings is 2. The number of ether oxygens (including phenoxy) is 2. The van der Waals surface area contributed by atoms with Gasteiger partial charge in [-0.05, 0) is 55.9 Å². The van der Waals surface area contributed by atoms with E-state index >= 15 is 0 Å². The van der Waals surface area contributed by atoms with Crippen molar-refractivity contribution in [2.45, 2.75) is 40.2 Å². The number of aromatic nitrogens is 1. The maximum absolute atomic E-state index is 11.9. The van der Waals surface area contributed by atoms with Gasteiger partial charge in [0.25, 0.3) is 0 Å². The van der Waals surface area contributed by atoms with Crippen LogP contribution in [0.15, 0.2) is 42.5 Å². The van der Waals surface area contributed by atoms with Crippen LogP contribution in [0.3, 0.4) is 0 Å². The smallest absolute Gasteiger partial charge is 0.411 e. The summed E-state index contributed by atoms with van der Waals surface area (Å²) in [5.74, 6) is 1.85. The number of nitrogens with two attached hydrogens (primary N) is 1. The molecule has 6 heteroatoms. The molecule has 1 saturated carbocycles. The minimum absolute atomic E-state index is 0.299. The highest BCUT2D eigenvalue weighted by Gasteiger charge is 2.26. The summed E-state index contributed by atoms with van der Waals surface area (Å²) in [6.07, 6.45) is 2.07. The molecule has 1 aliphatic carbocycles. The molecule has 164 valence electrons. The second-order valence-corrected chi connectivity index (χ2v) is 8.62. The second kappa shape index (κ2) is 8.92. The molecular weight excluding hydrogens is 390 g/mol. The standard InChI is InChI=1S/C25H31N3O3/c1-4-30-20-11-12-21-22(13-20)28(14-17-5-6-17)24(23(21)26)18-7-9-19(10-8-18)27-25(29)31-15-16(2)3/h7-13,16-17H,4-6,14-15,26H2,1-3H3,(H,27,29). The fourth-order valence-corrected chi connectivity index (χ4v) is 3.78. The van der Waals surface area contributed by atoms with Crippen molar-refractivity contribution in [2.24, 2.45) is 11.8 Å². The van der Waals surface area contributed by atoms with Gasteiger partial charge in [-0.25, -0.2) is 4.79 Å². The number of carbonyl (C=O) groups excluding carboxylic acids is 1. The molecule has 1 aliphatic rings. The molecule has 0 spiro atoms. The Balaban J connectivity index is 1.65. The zero-order chi connectivity index (χ0) is 22.0. The average Bonchev–Trinajstić information content (AvgIpc) is 3.52. The molecule has 0 atom stereocenters. The molecule has 0 radical (unpaired) electrons. The van der Waals surface area contributed by atoms with E-state index in [-0.39, 0.29) is 0 Å². The van der Waals surface area contributed by atoms with Crippen LogP contribution in [0.25, 0.3) is 22.2 Å². The Bertz CT molecular complexity index is 1070. The van der Waals surface area contributed by atoms with Crippen molar-refractivity contribution >= 4 is 28.4 Å². The molecule has 3 aromatic rings. The van der Waals surface area contributed by atoms with Crippen LogP contribution >= 0.6 is 0 Å². The predicted molar refractivity (Wildman–Crippen MR) is 125 cm³/mol. The van der Waals surface area contributed by atoms with E-state index in [1.165, 1.54) is 12.8 Å². The first-order valence-electron chi connectivity index (χ1n) is 11.0. The average molecular weight is 422 g/mol. The van der Waals surface area contributed by atoms with Crippen LogP contribution in [-0.2, 0) is 11.3 Å². The quantitative estimate of drug-likeness (QED) is 0.474. The van der Waals surface area contributed by atoms with Gasteiger partial charge in [-0.2, -0.15) is 0 Å². The van der Waals surface area contributed by atoms with E-state index in [9.17, 15) is 4.79 Å². The van der Waals surface area contributed by atoms with Crippen molar-refractivity contribution in [1.82, 2.24) is 4.57 Å². The Kier molecular flexibility index (Phi) is 6.07. The van der Waals surface area contributed by atoms with Crippen molar-refractivity contribution in [3.63, 3.8) is 0 Å². The lowest BCUT2D eigenvalue weighted by Gasteiger charge is -2.13. The Labute approximate surface area is 183 Å². The molecule has 31 heavy (non-hydrogen) atoms. The van der Waals surface area contributed by atoms with Gasteiger partial charge in [0.1, 0.15) is 5.75 Å². The van der Waals surface area contributed by atoms with Crippen molar-refractivity contribution in [1.29, 1.82) is 0 Å². The van der Waals surface area contributed by atoms with Gasteiger partial charge in [0, 0.05) is 29.2 Å². The highest BCUT2D eigenvalue weighted by atomic mass is 16.5. The number of amides is 1. The lowest BCUT2D eigenvalue weighted by molar-refractivity contribution is 0.147. The molecule has 1 heterocycles. The van der Waals surface area contributed by atoms with Gasteiger partial charge in [0.05, 0.1) is 30.1 Å². The van der Waals surface area contributed by atoms with Gasteiger partial charge in [0.2, 0.25) is 0 Å². The number of fused-ring (bicyclic) bond motifs is 1. The van der Waals surface area contributed by atoms with Crippen LogP contribution in [0.5, 0.6) is 5.75 Å². The highest BCUT2D eigenvalue weighted by molar-refractivity contribution is 6.01. The summed E-state index contributed by atoms with van der Waals surface area (Å²) in [6.45, 7) is 7.97. The van der Waals surface area contributed by atoms with Gasteiger partial charge in [-0.1, -0.05) is 26.0 Å². The summed E-state index contributed by atoms with van der Waals surface area (Å²) in [6, 6.07) is 13.9. The van der Waals surface area contributed by atoms with Crippen molar-refractivity contribution in [3.05, 3.63) is 42.5 Å². The van der Waals surface area contributed by atoms with Crippen LogP contribution in [-0.4, -0.2) is 23.9 Å². The van der Waals surface area contributed by atoms with E-state index in [1.807, 2.05) is 57.2 Å². The topological polar surface area (TPSA) is 78.5 Å². The van der Waals surface area contributed by atoms with Gasteiger partial charge in [0.15, 0.2) is 0 Å². The molecule has 3 N–H and O–H groups in total. The van der Waals surface area contributed by atoms with Crippen LogP contribution in [0.4, 0.5) is 16.2 Å². The molecule has 6 nitrogen and oxygen atoms in total.